The molecule has 1 N–H and O–H groups in total. The van der Waals surface area contributed by atoms with E-state index < -0.39 is 70.5 Å². The Hall–Kier alpha value is -1.94. The Morgan fingerprint density at radius 1 is 0.686 bits per heavy atom. The van der Waals surface area contributed by atoms with E-state index in [1.54, 1.807) is 0 Å². The van der Waals surface area contributed by atoms with E-state index in [2.05, 4.69) is 3.76 Å². The monoisotopic (exact) mass is 587 g/mol. The fraction of sp³-hybridized carbons (Fsp3) is 0.400. The second-order valence-electron chi connectivity index (χ2n) is 7.91. The van der Waals surface area contributed by atoms with Gasteiger partial charge in [0.15, 0.2) is 0 Å². The van der Waals surface area contributed by atoms with Crippen molar-refractivity contribution in [2.24, 2.45) is 0 Å². The standard InChI is InChI=1S/C20H13F12GeO2/c1-9-3-5-13(11(7-9)15(34,17(21,22)23)18(24,25)26)33-14-6-4-10(2)8-12(14)16(35-33,19(27,28)29)20(30,31)32/h3-8,34H,1-2H3. The molecule has 1 radical (unpaired) electrons. The molecule has 1 heterocycles. The van der Waals surface area contributed by atoms with Crippen molar-refractivity contribution in [2.75, 3.05) is 0 Å². The molecule has 0 aromatic heterocycles. The van der Waals surface area contributed by atoms with Gasteiger partial charge in [-0.3, -0.25) is 0 Å². The van der Waals surface area contributed by atoms with E-state index in [4.69, 9.17) is 0 Å². The Labute approximate surface area is 193 Å². The molecule has 2 aromatic rings. The number of alkyl halides is 12. The summed E-state index contributed by atoms with van der Waals surface area (Å²) in [6.45, 7) is 2.19. The van der Waals surface area contributed by atoms with Gasteiger partial charge in [0.2, 0.25) is 0 Å². The fourth-order valence-corrected chi connectivity index (χ4v) is 9.31. The van der Waals surface area contributed by atoms with Gasteiger partial charge in [0.25, 0.3) is 0 Å². The molecular formula is C20H13F12GeO2. The molecule has 15 heteroatoms. The topological polar surface area (TPSA) is 29.5 Å². The van der Waals surface area contributed by atoms with Gasteiger partial charge in [0, 0.05) is 0 Å². The van der Waals surface area contributed by atoms with Crippen LogP contribution >= 0.6 is 0 Å². The average Bonchev–Trinajstić information content (AvgIpc) is 3.00. The molecular weight excluding hydrogens is 573 g/mol. The second-order valence-corrected chi connectivity index (χ2v) is 12.0. The number of rotatable bonds is 2. The Morgan fingerprint density at radius 2 is 1.11 bits per heavy atom. The molecule has 1 aliphatic rings. The van der Waals surface area contributed by atoms with Gasteiger partial charge in [-0.05, 0) is 0 Å². The van der Waals surface area contributed by atoms with E-state index in [1.165, 1.54) is 0 Å². The van der Waals surface area contributed by atoms with Gasteiger partial charge in [-0.25, -0.2) is 0 Å². The first-order chi connectivity index (χ1) is 15.6. The van der Waals surface area contributed by atoms with Crippen molar-refractivity contribution in [3.63, 3.8) is 0 Å². The Morgan fingerprint density at radius 3 is 1.54 bits per heavy atom. The summed E-state index contributed by atoms with van der Waals surface area (Å²) >= 11 is -4.96. The molecule has 2 aromatic carbocycles. The van der Waals surface area contributed by atoms with Crippen LogP contribution in [0.3, 0.4) is 0 Å². The van der Waals surface area contributed by atoms with E-state index in [0.29, 0.717) is 12.1 Å². The van der Waals surface area contributed by atoms with Crippen molar-refractivity contribution in [3.8, 4) is 0 Å². The van der Waals surface area contributed by atoms with Crippen molar-refractivity contribution in [3.05, 3.63) is 58.7 Å². The molecule has 1 aliphatic heterocycles. The van der Waals surface area contributed by atoms with Crippen LogP contribution in [0.15, 0.2) is 36.4 Å². The van der Waals surface area contributed by atoms with Crippen LogP contribution in [0.1, 0.15) is 22.3 Å². The molecule has 193 valence electrons. The number of benzene rings is 2. The van der Waals surface area contributed by atoms with Crippen LogP contribution in [0.4, 0.5) is 52.7 Å². The van der Waals surface area contributed by atoms with Crippen molar-refractivity contribution < 1.29 is 61.6 Å². The molecule has 0 bridgehead atoms. The zero-order valence-electron chi connectivity index (χ0n) is 17.4. The minimum atomic E-state index is -6.42. The maximum absolute atomic E-state index is 14.0. The van der Waals surface area contributed by atoms with Crippen LogP contribution in [-0.4, -0.2) is 44.5 Å². The van der Waals surface area contributed by atoms with Crippen LogP contribution in [0.5, 0.6) is 0 Å². The third-order valence-electron chi connectivity index (χ3n) is 5.48. The summed E-state index contributed by atoms with van der Waals surface area (Å²) in [7, 11) is 0. The Kier molecular flexibility index (Phi) is 6.34. The normalized spacial score (nSPS) is 17.6. The van der Waals surface area contributed by atoms with Crippen LogP contribution in [0, 0.1) is 13.8 Å². The Bertz CT molecular complexity index is 1100. The summed E-state index contributed by atoms with van der Waals surface area (Å²) in [5.41, 5.74) is -14.3. The van der Waals surface area contributed by atoms with E-state index in [0.717, 1.165) is 32.0 Å². The molecule has 0 saturated carbocycles. The van der Waals surface area contributed by atoms with Crippen molar-refractivity contribution in [1.82, 2.24) is 0 Å². The summed E-state index contributed by atoms with van der Waals surface area (Å²) in [5, 5.41) is 9.94. The average molecular weight is 586 g/mol. The van der Waals surface area contributed by atoms with E-state index >= 15 is 0 Å². The third kappa shape index (κ3) is 4.00. The van der Waals surface area contributed by atoms with Gasteiger partial charge in [0.05, 0.1) is 0 Å². The van der Waals surface area contributed by atoms with Gasteiger partial charge >= 0.3 is 193 Å². The number of hydrogen-bond acceptors (Lipinski definition) is 2. The molecule has 0 atom stereocenters. The predicted octanol–water partition coefficient (Wildman–Crippen LogP) is 5.07. The zero-order valence-corrected chi connectivity index (χ0v) is 19.5. The quantitative estimate of drug-likeness (QED) is 0.394. The van der Waals surface area contributed by atoms with E-state index in [9.17, 15) is 57.8 Å². The molecule has 35 heavy (non-hydrogen) atoms. The molecule has 0 spiro atoms. The summed E-state index contributed by atoms with van der Waals surface area (Å²) < 4.78 is 168. The maximum atomic E-state index is 14.0. The number of fused-ring (bicyclic) bond motifs is 1. The number of aliphatic hydroxyl groups is 1. The fourth-order valence-electron chi connectivity index (χ4n) is 3.81. The molecule has 0 amide bonds. The minimum absolute atomic E-state index is 0.0871. The number of aryl methyl sites for hydroxylation is 2. The first-order valence-electron chi connectivity index (χ1n) is 9.38. The summed E-state index contributed by atoms with van der Waals surface area (Å²) in [4.78, 5) is 0. The van der Waals surface area contributed by atoms with Gasteiger partial charge in [-0.2, -0.15) is 0 Å². The van der Waals surface area contributed by atoms with Gasteiger partial charge in [-0.15, -0.1) is 0 Å². The van der Waals surface area contributed by atoms with Gasteiger partial charge < -0.3 is 0 Å². The van der Waals surface area contributed by atoms with E-state index in [-0.39, 0.29) is 17.2 Å². The second kappa shape index (κ2) is 8.03. The van der Waals surface area contributed by atoms with Crippen LogP contribution < -0.4 is 8.79 Å². The first kappa shape index (κ1) is 27.6. The van der Waals surface area contributed by atoms with Crippen molar-refractivity contribution in [1.29, 1.82) is 0 Å². The molecule has 0 saturated heterocycles. The van der Waals surface area contributed by atoms with Crippen molar-refractivity contribution in [2.45, 2.75) is 49.8 Å². The molecule has 0 aliphatic carbocycles. The summed E-state index contributed by atoms with van der Waals surface area (Å²) in [6, 6.07) is 3.99. The van der Waals surface area contributed by atoms with Crippen LogP contribution in [0.2, 0.25) is 0 Å². The zero-order chi connectivity index (χ0) is 27.0. The predicted molar refractivity (Wildman–Crippen MR) is 98.3 cm³/mol. The Balaban J connectivity index is 2.43. The molecule has 0 unspecified atom stereocenters. The van der Waals surface area contributed by atoms with Crippen molar-refractivity contribution >= 4 is 23.5 Å². The van der Waals surface area contributed by atoms with E-state index in [1.807, 2.05) is 0 Å². The SMILES string of the molecule is Cc1cc[c]([Ge]2[O]C(C(F)(F)F)(C(F)(F)F)c3cc(C)cc[c]32)c(C(O)(C(F)(F)F)C(F)(F)F)c1. The number of halogens is 12. The van der Waals surface area contributed by atoms with Gasteiger partial charge in [-0.1, -0.05) is 0 Å². The first-order valence-corrected chi connectivity index (χ1v) is 12.3. The van der Waals surface area contributed by atoms with Crippen LogP contribution in [0.25, 0.3) is 0 Å². The molecule has 0 fully saturated rings. The van der Waals surface area contributed by atoms with Gasteiger partial charge in [0.1, 0.15) is 0 Å². The summed E-state index contributed by atoms with van der Waals surface area (Å²) in [5.74, 6) is 0. The molecule has 3 rings (SSSR count). The third-order valence-corrected chi connectivity index (χ3v) is 10.4. The number of hydrogen-bond donors (Lipinski definition) is 1. The summed E-state index contributed by atoms with van der Waals surface area (Å²) in [6.07, 6.45) is -25.2. The van der Waals surface area contributed by atoms with Crippen LogP contribution in [-0.2, 0) is 15.0 Å². The molecule has 2 nitrogen and oxygen atoms in total.